The number of nitrogens with one attached hydrogen (secondary N) is 1. The van der Waals surface area contributed by atoms with Crippen LogP contribution in [0.3, 0.4) is 0 Å². The Hall–Kier alpha value is -3.91. The number of hydrazone groups is 1. The van der Waals surface area contributed by atoms with Crippen molar-refractivity contribution in [1.29, 1.82) is 0 Å². The highest BCUT2D eigenvalue weighted by Crippen LogP contribution is 2.33. The summed E-state index contributed by atoms with van der Waals surface area (Å²) in [5.41, 5.74) is 3.46. The normalized spacial score (nSPS) is 18.8. The molecule has 3 aromatic rings. The fourth-order valence-electron chi connectivity index (χ4n) is 4.79. The third kappa shape index (κ3) is 5.18. The molecule has 0 spiro atoms. The molecule has 3 heterocycles. The van der Waals surface area contributed by atoms with Gasteiger partial charge in [-0.05, 0) is 62.7 Å². The Morgan fingerprint density at radius 1 is 1.06 bits per heavy atom. The van der Waals surface area contributed by atoms with Gasteiger partial charge < -0.3 is 14.8 Å². The van der Waals surface area contributed by atoms with Gasteiger partial charge in [0.05, 0.1) is 24.2 Å². The van der Waals surface area contributed by atoms with Crippen molar-refractivity contribution in [3.63, 3.8) is 0 Å². The Bertz CT molecular complexity index is 1240. The van der Waals surface area contributed by atoms with Crippen molar-refractivity contribution in [3.8, 4) is 5.75 Å². The average molecular weight is 487 g/mol. The molecule has 0 saturated carbocycles. The van der Waals surface area contributed by atoms with Crippen LogP contribution in [0.25, 0.3) is 0 Å². The van der Waals surface area contributed by atoms with Gasteiger partial charge in [-0.2, -0.15) is 5.10 Å². The molecule has 2 aromatic carbocycles. The fraction of sp³-hybridized carbons (Fsp3) is 0.321. The first kappa shape index (κ1) is 23.8. The number of hydrogen-bond donors (Lipinski definition) is 2. The summed E-state index contributed by atoms with van der Waals surface area (Å²) in [6.45, 7) is 3.55. The predicted octanol–water partition coefficient (Wildman–Crippen LogP) is 4.32. The Kier molecular flexibility index (Phi) is 6.86. The summed E-state index contributed by atoms with van der Waals surface area (Å²) in [6.07, 6.45) is 3.50. The van der Waals surface area contributed by atoms with E-state index in [1.54, 1.807) is 35.5 Å². The molecule has 8 heteroatoms. The largest absolute Gasteiger partial charge is 0.506 e. The lowest BCUT2D eigenvalue weighted by Gasteiger charge is -2.32. The second-order valence-electron chi connectivity index (χ2n) is 9.44. The maximum absolute atomic E-state index is 13.4. The molecular weight excluding hydrogens is 456 g/mol. The average Bonchev–Trinajstić information content (AvgIpc) is 3.57. The summed E-state index contributed by atoms with van der Waals surface area (Å²) in [5, 5.41) is 19.0. The van der Waals surface area contributed by atoms with Gasteiger partial charge in [-0.25, -0.2) is 5.01 Å². The van der Waals surface area contributed by atoms with E-state index in [0.717, 1.165) is 11.3 Å². The first-order valence-electron chi connectivity index (χ1n) is 12.3. The Labute approximate surface area is 210 Å². The molecule has 8 nitrogen and oxygen atoms in total. The minimum absolute atomic E-state index is 0.0520. The zero-order valence-electron chi connectivity index (χ0n) is 20.3. The molecule has 2 N–H and O–H groups in total. The van der Waals surface area contributed by atoms with Gasteiger partial charge in [-0.1, -0.05) is 42.0 Å². The number of carbonyl (C=O) groups excluding carboxylic acids is 2. The Morgan fingerprint density at radius 3 is 2.50 bits per heavy atom. The summed E-state index contributed by atoms with van der Waals surface area (Å²) < 4.78 is 5.65. The van der Waals surface area contributed by atoms with E-state index in [-0.39, 0.29) is 36.1 Å². The number of para-hydroxylation sites is 2. The van der Waals surface area contributed by atoms with Crippen LogP contribution in [-0.2, 0) is 9.59 Å². The molecule has 5 rings (SSSR count). The Balaban J connectivity index is 1.21. The molecule has 2 aliphatic heterocycles. The van der Waals surface area contributed by atoms with Gasteiger partial charge in [0.15, 0.2) is 0 Å². The maximum Gasteiger partial charge on any atom is 0.257 e. The highest BCUT2D eigenvalue weighted by molar-refractivity contribution is 6.03. The van der Waals surface area contributed by atoms with Crippen molar-refractivity contribution >= 4 is 23.2 Å². The maximum atomic E-state index is 13.4. The van der Waals surface area contributed by atoms with Crippen LogP contribution in [0.2, 0.25) is 0 Å². The zero-order valence-corrected chi connectivity index (χ0v) is 20.3. The number of amides is 2. The number of carbonyl (C=O) groups is 2. The Morgan fingerprint density at radius 2 is 1.81 bits per heavy atom. The van der Waals surface area contributed by atoms with Crippen molar-refractivity contribution in [2.24, 2.45) is 11.0 Å². The van der Waals surface area contributed by atoms with Crippen LogP contribution in [0, 0.1) is 12.8 Å². The second kappa shape index (κ2) is 10.4. The van der Waals surface area contributed by atoms with E-state index in [1.807, 2.05) is 43.3 Å². The van der Waals surface area contributed by atoms with Gasteiger partial charge >= 0.3 is 0 Å². The molecular formula is C28H30N4O4. The molecule has 0 bridgehead atoms. The van der Waals surface area contributed by atoms with Crippen molar-refractivity contribution in [1.82, 2.24) is 9.91 Å². The third-order valence-electron chi connectivity index (χ3n) is 6.90. The molecule has 36 heavy (non-hydrogen) atoms. The number of piperidine rings is 1. The number of phenolic OH excluding ortho intramolecular Hbond substituents is 1. The minimum Gasteiger partial charge on any atom is -0.506 e. The molecule has 1 saturated heterocycles. The lowest BCUT2D eigenvalue weighted by molar-refractivity contribution is -0.135. The van der Waals surface area contributed by atoms with Crippen molar-refractivity contribution in [2.45, 2.75) is 32.2 Å². The minimum atomic E-state index is -0.273. The number of nitrogens with zero attached hydrogens (tertiary/aromatic N) is 3. The van der Waals surface area contributed by atoms with Gasteiger partial charge in [-0.3, -0.25) is 14.5 Å². The van der Waals surface area contributed by atoms with E-state index in [0.29, 0.717) is 43.8 Å². The van der Waals surface area contributed by atoms with Gasteiger partial charge in [0.1, 0.15) is 17.6 Å². The highest BCUT2D eigenvalue weighted by Gasteiger charge is 2.36. The molecule has 2 amide bonds. The SMILES string of the molecule is Cc1ccc(C2=NN(C(=O)CN3CCC(C(=O)Nc4ccccc4O)CC3)[C@H](c3ccco3)C2)cc1. The molecule has 1 fully saturated rings. The number of benzene rings is 2. The number of aryl methyl sites for hydroxylation is 1. The van der Waals surface area contributed by atoms with Crippen LogP contribution in [0.15, 0.2) is 76.4 Å². The molecule has 2 aliphatic rings. The van der Waals surface area contributed by atoms with E-state index in [1.165, 1.54) is 5.56 Å². The number of rotatable bonds is 6. The standard InChI is InChI=1S/C28H30N4O4/c1-19-8-10-20(11-9-19)23-17-24(26-7-4-16-36-26)32(30-23)27(34)18-31-14-12-21(13-15-31)28(35)29-22-5-2-3-6-25(22)33/h2-11,16,21,24,33H,12-15,17-18H2,1H3,(H,29,35)/t24-/m0/s1. The van der Waals surface area contributed by atoms with Crippen molar-refractivity contribution < 1.29 is 19.1 Å². The summed E-state index contributed by atoms with van der Waals surface area (Å²) in [6, 6.07) is 18.3. The van der Waals surface area contributed by atoms with Gasteiger partial charge in [0, 0.05) is 12.3 Å². The molecule has 1 atom stereocenters. The molecule has 0 unspecified atom stereocenters. The van der Waals surface area contributed by atoms with Crippen LogP contribution in [0.1, 0.15) is 42.2 Å². The number of anilines is 1. The van der Waals surface area contributed by atoms with E-state index in [2.05, 4.69) is 10.2 Å². The van der Waals surface area contributed by atoms with E-state index < -0.39 is 0 Å². The monoisotopic (exact) mass is 486 g/mol. The molecule has 0 radical (unpaired) electrons. The van der Waals surface area contributed by atoms with Gasteiger partial charge in [-0.15, -0.1) is 0 Å². The first-order valence-corrected chi connectivity index (χ1v) is 12.3. The smallest absolute Gasteiger partial charge is 0.257 e. The van der Waals surface area contributed by atoms with Crippen LogP contribution < -0.4 is 5.32 Å². The number of hydrogen-bond acceptors (Lipinski definition) is 6. The number of likely N-dealkylation sites (tertiary alicyclic amines) is 1. The molecule has 1 aromatic heterocycles. The number of furan rings is 1. The number of phenols is 1. The van der Waals surface area contributed by atoms with Gasteiger partial charge in [0.25, 0.3) is 5.91 Å². The summed E-state index contributed by atoms with van der Waals surface area (Å²) in [7, 11) is 0. The van der Waals surface area contributed by atoms with Crippen LogP contribution in [-0.4, -0.2) is 52.2 Å². The highest BCUT2D eigenvalue weighted by atomic mass is 16.3. The topological polar surface area (TPSA) is 98.4 Å². The first-order chi connectivity index (χ1) is 17.5. The zero-order chi connectivity index (χ0) is 25.1. The quantitative estimate of drug-likeness (QED) is 0.506. The second-order valence-corrected chi connectivity index (χ2v) is 9.44. The summed E-state index contributed by atoms with van der Waals surface area (Å²) >= 11 is 0. The predicted molar refractivity (Wildman–Crippen MR) is 137 cm³/mol. The molecule has 0 aliphatic carbocycles. The third-order valence-corrected chi connectivity index (χ3v) is 6.90. The van der Waals surface area contributed by atoms with Crippen LogP contribution in [0.4, 0.5) is 5.69 Å². The van der Waals surface area contributed by atoms with E-state index >= 15 is 0 Å². The van der Waals surface area contributed by atoms with Crippen LogP contribution in [0.5, 0.6) is 5.75 Å². The van der Waals surface area contributed by atoms with Crippen molar-refractivity contribution in [2.75, 3.05) is 25.0 Å². The van der Waals surface area contributed by atoms with E-state index in [4.69, 9.17) is 9.52 Å². The fourth-order valence-corrected chi connectivity index (χ4v) is 4.79. The van der Waals surface area contributed by atoms with E-state index in [9.17, 15) is 14.7 Å². The summed E-state index contributed by atoms with van der Waals surface area (Å²) in [5.74, 6) is 0.414. The lowest BCUT2D eigenvalue weighted by Crippen LogP contribution is -2.43. The van der Waals surface area contributed by atoms with Crippen LogP contribution >= 0.6 is 0 Å². The summed E-state index contributed by atoms with van der Waals surface area (Å²) in [4.78, 5) is 28.1. The molecule has 186 valence electrons. The number of aromatic hydroxyl groups is 1. The van der Waals surface area contributed by atoms with Gasteiger partial charge in [0.2, 0.25) is 5.91 Å². The van der Waals surface area contributed by atoms with Crippen molar-refractivity contribution in [3.05, 3.63) is 83.8 Å². The lowest BCUT2D eigenvalue weighted by atomic mass is 9.95.